The van der Waals surface area contributed by atoms with Crippen LogP contribution < -0.4 is 10.5 Å². The summed E-state index contributed by atoms with van der Waals surface area (Å²) in [7, 11) is -0.837. The zero-order chi connectivity index (χ0) is 19.9. The number of anilines is 1. The Kier molecular flexibility index (Phi) is 4.55. The Balaban J connectivity index is 1.69. The van der Waals surface area contributed by atoms with Crippen LogP contribution in [-0.4, -0.2) is 43.0 Å². The molecule has 28 heavy (non-hydrogen) atoms. The van der Waals surface area contributed by atoms with Gasteiger partial charge in [0.05, 0.1) is 18.2 Å². The van der Waals surface area contributed by atoms with Gasteiger partial charge >= 0.3 is 13.3 Å². The summed E-state index contributed by atoms with van der Waals surface area (Å²) >= 11 is 0. The van der Waals surface area contributed by atoms with E-state index in [1.807, 2.05) is 0 Å². The smallest absolute Gasteiger partial charge is 0.427 e. The van der Waals surface area contributed by atoms with Crippen LogP contribution >= 0.6 is 0 Å². The Morgan fingerprint density at radius 3 is 2.89 bits per heavy atom. The van der Waals surface area contributed by atoms with E-state index in [1.54, 1.807) is 0 Å². The molecular weight excluding hydrogens is 380 g/mol. The van der Waals surface area contributed by atoms with Crippen molar-refractivity contribution < 1.29 is 27.6 Å². The Hall–Kier alpha value is -2.93. The lowest BCUT2D eigenvalue weighted by Gasteiger charge is -2.10. The lowest BCUT2D eigenvalue weighted by atomic mass is 9.87. The van der Waals surface area contributed by atoms with Crippen molar-refractivity contribution in [2.75, 3.05) is 5.73 Å². The third-order valence-corrected chi connectivity index (χ3v) is 4.25. The van der Waals surface area contributed by atoms with Crippen LogP contribution in [0.2, 0.25) is 6.32 Å². The zero-order valence-corrected chi connectivity index (χ0v) is 14.3. The largest absolute Gasteiger partial charge is 0.454 e. The van der Waals surface area contributed by atoms with Gasteiger partial charge in [-0.1, -0.05) is 0 Å². The van der Waals surface area contributed by atoms with E-state index in [0.29, 0.717) is 18.4 Å². The molecule has 1 atom stereocenters. The zero-order valence-electron chi connectivity index (χ0n) is 14.3. The van der Waals surface area contributed by atoms with E-state index in [-0.39, 0.29) is 35.6 Å². The van der Waals surface area contributed by atoms with Crippen LogP contribution in [-0.2, 0) is 17.4 Å². The number of hydrogen-bond acceptors (Lipinski definition) is 8. The Labute approximate surface area is 156 Å². The third-order valence-electron chi connectivity index (χ3n) is 4.25. The van der Waals surface area contributed by atoms with Crippen molar-refractivity contribution in [2.24, 2.45) is 0 Å². The fraction of sp³-hybridized carbons (Fsp3) is 0.333. The summed E-state index contributed by atoms with van der Waals surface area (Å²) in [4.78, 5) is 11.8. The molecule has 0 radical (unpaired) electrons. The number of ether oxygens (including phenoxy) is 1. The number of aromatic nitrogens is 5. The number of fused-ring (bicyclic) bond motifs is 1. The van der Waals surface area contributed by atoms with Crippen LogP contribution in [0.1, 0.15) is 12.0 Å². The number of pyridine rings is 1. The van der Waals surface area contributed by atoms with Crippen LogP contribution in [0.25, 0.3) is 11.0 Å². The fourth-order valence-corrected chi connectivity index (χ4v) is 2.95. The van der Waals surface area contributed by atoms with Gasteiger partial charge in [-0.25, -0.2) is 19.6 Å². The first-order valence-electron chi connectivity index (χ1n) is 8.33. The maximum atomic E-state index is 12.9. The predicted octanol–water partition coefficient (Wildman–Crippen LogP) is 1.88. The van der Waals surface area contributed by atoms with E-state index in [0.717, 1.165) is 18.3 Å². The molecule has 1 fully saturated rings. The number of nitrogens with zero attached hydrogens (tertiary/aromatic N) is 5. The molecule has 3 N–H and O–H groups in total. The Bertz CT molecular complexity index is 1010. The maximum Gasteiger partial charge on any atom is 0.454 e. The van der Waals surface area contributed by atoms with Crippen LogP contribution in [0.3, 0.4) is 0 Å². The highest BCUT2D eigenvalue weighted by atomic mass is 19.4. The molecule has 3 aromatic heterocycles. The van der Waals surface area contributed by atoms with Crippen LogP contribution in [0, 0.1) is 0 Å². The maximum absolute atomic E-state index is 12.9. The third kappa shape index (κ3) is 3.58. The molecule has 3 aromatic rings. The Morgan fingerprint density at radius 2 is 2.18 bits per heavy atom. The normalized spacial score (nSPS) is 17.4. The SMILES string of the molecule is Nc1ncnc2c1c(Oc1cc(C(F)(F)F)ccn1)nn2CC1CCB(O)O1. The molecule has 1 aliphatic rings. The van der Waals surface area contributed by atoms with Crippen molar-refractivity contribution in [3.63, 3.8) is 0 Å². The van der Waals surface area contributed by atoms with Gasteiger partial charge < -0.3 is 20.1 Å². The van der Waals surface area contributed by atoms with Crippen LogP contribution in [0.15, 0.2) is 24.7 Å². The van der Waals surface area contributed by atoms with Crippen molar-refractivity contribution in [3.05, 3.63) is 30.2 Å². The van der Waals surface area contributed by atoms with Gasteiger partial charge in [0.1, 0.15) is 17.5 Å². The van der Waals surface area contributed by atoms with Crippen molar-refractivity contribution in [2.45, 2.75) is 31.6 Å². The number of halogens is 3. The molecule has 0 saturated carbocycles. The van der Waals surface area contributed by atoms with E-state index in [9.17, 15) is 18.2 Å². The summed E-state index contributed by atoms with van der Waals surface area (Å²) in [6, 6.07) is 1.60. The minimum Gasteiger partial charge on any atom is -0.427 e. The highest BCUT2D eigenvalue weighted by Gasteiger charge is 2.32. The van der Waals surface area contributed by atoms with Gasteiger partial charge in [-0.05, 0) is 18.8 Å². The molecule has 0 aliphatic carbocycles. The van der Waals surface area contributed by atoms with Crippen molar-refractivity contribution >= 4 is 24.0 Å². The lowest BCUT2D eigenvalue weighted by Crippen LogP contribution is -2.20. The second-order valence-electron chi connectivity index (χ2n) is 6.22. The van der Waals surface area contributed by atoms with E-state index in [2.05, 4.69) is 20.1 Å². The van der Waals surface area contributed by atoms with Gasteiger partial charge in [-0.3, -0.25) is 0 Å². The molecule has 146 valence electrons. The quantitative estimate of drug-likeness (QED) is 0.644. The number of nitrogens with two attached hydrogens (primary N) is 1. The standard InChI is InChI=1S/C15H14BF3N6O3/c17-15(18,19)8-2-4-21-10(5-8)27-14-11-12(20)22-7-23-13(11)25(24-14)6-9-1-3-16(26)28-9/h2,4-5,7,9,26H,1,3,6H2,(H2,20,22,23). The minimum atomic E-state index is -4.54. The molecule has 1 unspecified atom stereocenters. The molecule has 9 nitrogen and oxygen atoms in total. The van der Waals surface area contributed by atoms with E-state index >= 15 is 0 Å². The van der Waals surface area contributed by atoms with Crippen molar-refractivity contribution in [3.8, 4) is 11.8 Å². The molecule has 13 heteroatoms. The summed E-state index contributed by atoms with van der Waals surface area (Å²) in [6.07, 6.45) is -1.48. The number of hydrogen-bond donors (Lipinski definition) is 2. The van der Waals surface area contributed by atoms with Gasteiger partial charge in [-0.15, -0.1) is 5.10 Å². The van der Waals surface area contributed by atoms with Gasteiger partial charge in [-0.2, -0.15) is 13.2 Å². The average molecular weight is 394 g/mol. The molecule has 1 saturated heterocycles. The molecular formula is C15H14BF3N6O3. The second kappa shape index (κ2) is 6.91. The predicted molar refractivity (Wildman–Crippen MR) is 91.3 cm³/mol. The van der Waals surface area contributed by atoms with Crippen molar-refractivity contribution in [1.82, 2.24) is 24.7 Å². The van der Waals surface area contributed by atoms with Gasteiger partial charge in [0, 0.05) is 12.3 Å². The minimum absolute atomic E-state index is 0.0607. The summed E-state index contributed by atoms with van der Waals surface area (Å²) in [5.74, 6) is -0.304. The summed E-state index contributed by atoms with van der Waals surface area (Å²) in [5, 5.41) is 14.0. The van der Waals surface area contributed by atoms with Gasteiger partial charge in [0.25, 0.3) is 5.88 Å². The summed E-state index contributed by atoms with van der Waals surface area (Å²) < 4.78 is 51.0. The molecule has 4 rings (SSSR count). The fourth-order valence-electron chi connectivity index (χ4n) is 2.95. The molecule has 0 aromatic carbocycles. The highest BCUT2D eigenvalue weighted by molar-refractivity contribution is 6.43. The average Bonchev–Trinajstić information content (AvgIpc) is 3.19. The van der Waals surface area contributed by atoms with E-state index in [4.69, 9.17) is 15.1 Å². The summed E-state index contributed by atoms with van der Waals surface area (Å²) in [6.45, 7) is 0.253. The van der Waals surface area contributed by atoms with Gasteiger partial charge in [0.2, 0.25) is 5.88 Å². The number of alkyl halides is 3. The molecule has 0 spiro atoms. The first-order chi connectivity index (χ1) is 13.3. The first kappa shape index (κ1) is 18.4. The van der Waals surface area contributed by atoms with E-state index in [1.165, 1.54) is 11.0 Å². The lowest BCUT2D eigenvalue weighted by molar-refractivity contribution is -0.137. The Morgan fingerprint density at radius 1 is 1.36 bits per heavy atom. The van der Waals surface area contributed by atoms with Crippen molar-refractivity contribution in [1.29, 1.82) is 0 Å². The highest BCUT2D eigenvalue weighted by Crippen LogP contribution is 2.34. The second-order valence-corrected chi connectivity index (χ2v) is 6.22. The number of rotatable bonds is 4. The number of nitrogen functional groups attached to an aromatic ring is 1. The molecule has 0 amide bonds. The van der Waals surface area contributed by atoms with Gasteiger partial charge in [0.15, 0.2) is 5.65 Å². The summed E-state index contributed by atoms with van der Waals surface area (Å²) in [5.41, 5.74) is 5.33. The van der Waals surface area contributed by atoms with E-state index < -0.39 is 18.9 Å². The van der Waals surface area contributed by atoms with Crippen LogP contribution in [0.4, 0.5) is 19.0 Å². The molecule has 4 heterocycles. The monoisotopic (exact) mass is 394 g/mol. The topological polar surface area (TPSA) is 121 Å². The molecule has 1 aliphatic heterocycles. The molecule has 0 bridgehead atoms. The van der Waals surface area contributed by atoms with Crippen LogP contribution in [0.5, 0.6) is 11.8 Å². The first-order valence-corrected chi connectivity index (χ1v) is 8.33.